The summed E-state index contributed by atoms with van der Waals surface area (Å²) in [5.74, 6) is 0. The lowest BCUT2D eigenvalue weighted by molar-refractivity contribution is 0.893. The summed E-state index contributed by atoms with van der Waals surface area (Å²) in [6, 6.07) is 12.5. The Hall–Kier alpha value is -1.46. The zero-order valence-corrected chi connectivity index (χ0v) is 12.7. The molecule has 1 aromatic heterocycles. The summed E-state index contributed by atoms with van der Waals surface area (Å²) in [5.41, 5.74) is 2.14. The molecule has 0 radical (unpaired) electrons. The number of benzene rings is 1. The zero-order chi connectivity index (χ0) is 13.8. The van der Waals surface area contributed by atoms with Gasteiger partial charge in [0.15, 0.2) is 5.11 Å². The number of H-pyrrole nitrogens is 1. The van der Waals surface area contributed by atoms with E-state index >= 15 is 0 Å². The normalized spacial score (nSPS) is 14.0. The third kappa shape index (κ3) is 4.02. The molecule has 0 saturated heterocycles. The van der Waals surface area contributed by atoms with Gasteiger partial charge in [0, 0.05) is 27.7 Å². The van der Waals surface area contributed by atoms with Crippen LogP contribution in [0.5, 0.6) is 0 Å². The molecule has 1 aliphatic rings. The van der Waals surface area contributed by atoms with Gasteiger partial charge in [-0.25, -0.2) is 0 Å². The van der Waals surface area contributed by atoms with Gasteiger partial charge >= 0.3 is 0 Å². The summed E-state index contributed by atoms with van der Waals surface area (Å²) < 4.78 is 0. The van der Waals surface area contributed by atoms with Gasteiger partial charge in [0.25, 0.3) is 0 Å². The Kier molecular flexibility index (Phi) is 4.28. The average Bonchev–Trinajstić information content (AvgIpc) is 3.11. The number of thioether (sulfide) groups is 1. The molecule has 0 unspecified atom stereocenters. The Morgan fingerprint density at radius 2 is 2.05 bits per heavy atom. The summed E-state index contributed by atoms with van der Waals surface area (Å²) in [6.07, 6.45) is 4.62. The summed E-state index contributed by atoms with van der Waals surface area (Å²) >= 11 is 7.25. The number of aromatic amines is 1. The molecule has 104 valence electrons. The average molecular weight is 303 g/mol. The zero-order valence-electron chi connectivity index (χ0n) is 11.1. The molecule has 2 aromatic rings. The van der Waals surface area contributed by atoms with Crippen LogP contribution >= 0.6 is 24.0 Å². The minimum atomic E-state index is 0.641. The monoisotopic (exact) mass is 303 g/mol. The molecule has 1 aliphatic carbocycles. The highest BCUT2D eigenvalue weighted by Crippen LogP contribution is 2.39. The number of hydrogen-bond acceptors (Lipinski definition) is 2. The van der Waals surface area contributed by atoms with Gasteiger partial charge in [-0.05, 0) is 61.5 Å². The highest BCUT2D eigenvalue weighted by molar-refractivity contribution is 8.00. The molecule has 3 nitrogen and oxygen atoms in total. The molecule has 0 atom stereocenters. The maximum absolute atomic E-state index is 5.28. The molecule has 1 heterocycles. The van der Waals surface area contributed by atoms with E-state index in [1.165, 1.54) is 17.7 Å². The number of thiocarbonyl (C=S) groups is 1. The van der Waals surface area contributed by atoms with Crippen molar-refractivity contribution in [3.8, 4) is 0 Å². The number of anilines is 1. The van der Waals surface area contributed by atoms with E-state index in [4.69, 9.17) is 12.2 Å². The highest BCUT2D eigenvalue weighted by atomic mass is 32.2. The van der Waals surface area contributed by atoms with E-state index in [-0.39, 0.29) is 0 Å². The van der Waals surface area contributed by atoms with Crippen LogP contribution in [-0.4, -0.2) is 15.3 Å². The molecule has 1 fully saturated rings. The smallest absolute Gasteiger partial charge is 0.171 e. The molecule has 20 heavy (non-hydrogen) atoms. The summed E-state index contributed by atoms with van der Waals surface area (Å²) in [6.45, 7) is 0.703. The van der Waals surface area contributed by atoms with Crippen LogP contribution in [0.4, 0.5) is 5.69 Å². The fourth-order valence-corrected chi connectivity index (χ4v) is 3.06. The van der Waals surface area contributed by atoms with E-state index in [1.54, 1.807) is 0 Å². The Labute approximate surface area is 128 Å². The summed E-state index contributed by atoms with van der Waals surface area (Å²) in [5, 5.41) is 7.86. The van der Waals surface area contributed by atoms with Crippen molar-refractivity contribution in [3.63, 3.8) is 0 Å². The quantitative estimate of drug-likeness (QED) is 0.736. The second-order valence-electron chi connectivity index (χ2n) is 4.84. The van der Waals surface area contributed by atoms with Gasteiger partial charge in [0.2, 0.25) is 0 Å². The Bertz CT molecular complexity index is 559. The minimum absolute atomic E-state index is 0.641. The van der Waals surface area contributed by atoms with Crippen molar-refractivity contribution in [3.05, 3.63) is 48.3 Å². The molecule has 0 amide bonds. The van der Waals surface area contributed by atoms with Crippen LogP contribution < -0.4 is 10.6 Å². The van der Waals surface area contributed by atoms with Gasteiger partial charge in [-0.2, -0.15) is 0 Å². The lowest BCUT2D eigenvalue weighted by Gasteiger charge is -2.10. The maximum atomic E-state index is 5.28. The largest absolute Gasteiger partial charge is 0.364 e. The van der Waals surface area contributed by atoms with Crippen molar-refractivity contribution in [2.24, 2.45) is 0 Å². The van der Waals surface area contributed by atoms with E-state index in [0.717, 1.165) is 16.6 Å². The summed E-state index contributed by atoms with van der Waals surface area (Å²) in [7, 11) is 0. The van der Waals surface area contributed by atoms with Crippen LogP contribution in [0, 0.1) is 0 Å². The minimum Gasteiger partial charge on any atom is -0.364 e. The van der Waals surface area contributed by atoms with E-state index in [0.29, 0.717) is 11.7 Å². The topological polar surface area (TPSA) is 39.9 Å². The van der Waals surface area contributed by atoms with E-state index in [9.17, 15) is 0 Å². The maximum Gasteiger partial charge on any atom is 0.171 e. The first kappa shape index (κ1) is 13.5. The van der Waals surface area contributed by atoms with E-state index in [1.807, 2.05) is 30.1 Å². The predicted molar refractivity (Wildman–Crippen MR) is 89.2 cm³/mol. The van der Waals surface area contributed by atoms with Crippen LogP contribution in [0.15, 0.2) is 47.5 Å². The second kappa shape index (κ2) is 6.33. The molecule has 0 aliphatic heterocycles. The van der Waals surface area contributed by atoms with E-state index in [2.05, 4.69) is 39.9 Å². The predicted octanol–water partition coefficient (Wildman–Crippen LogP) is 3.76. The fourth-order valence-electron chi connectivity index (χ4n) is 1.82. The molecule has 0 spiro atoms. The number of nitrogens with one attached hydrogen (secondary N) is 3. The Morgan fingerprint density at radius 1 is 1.25 bits per heavy atom. The summed E-state index contributed by atoms with van der Waals surface area (Å²) in [4.78, 5) is 4.47. The van der Waals surface area contributed by atoms with Crippen molar-refractivity contribution in [1.82, 2.24) is 10.3 Å². The lowest BCUT2D eigenvalue weighted by atomic mass is 10.3. The van der Waals surface area contributed by atoms with Crippen LogP contribution in [-0.2, 0) is 6.54 Å². The number of aromatic nitrogens is 1. The van der Waals surface area contributed by atoms with Crippen molar-refractivity contribution < 1.29 is 0 Å². The van der Waals surface area contributed by atoms with Crippen LogP contribution in [0.1, 0.15) is 18.5 Å². The molecular formula is C15H17N3S2. The third-order valence-electron chi connectivity index (χ3n) is 3.04. The van der Waals surface area contributed by atoms with Gasteiger partial charge < -0.3 is 15.6 Å². The Balaban J connectivity index is 1.47. The van der Waals surface area contributed by atoms with Crippen LogP contribution in [0.3, 0.4) is 0 Å². The van der Waals surface area contributed by atoms with Crippen LogP contribution in [0.2, 0.25) is 0 Å². The van der Waals surface area contributed by atoms with E-state index < -0.39 is 0 Å². The van der Waals surface area contributed by atoms with Crippen LogP contribution in [0.25, 0.3) is 0 Å². The van der Waals surface area contributed by atoms with Gasteiger partial charge in [-0.15, -0.1) is 11.8 Å². The van der Waals surface area contributed by atoms with Crippen molar-refractivity contribution in [2.75, 3.05) is 5.32 Å². The third-order valence-corrected chi connectivity index (χ3v) is 4.64. The molecule has 1 saturated carbocycles. The van der Waals surface area contributed by atoms with Gasteiger partial charge in [-0.1, -0.05) is 0 Å². The molecule has 3 rings (SSSR count). The first-order valence-corrected chi connectivity index (χ1v) is 8.02. The first-order valence-electron chi connectivity index (χ1n) is 6.73. The highest BCUT2D eigenvalue weighted by Gasteiger charge is 2.22. The first-order chi connectivity index (χ1) is 9.79. The molecular weight excluding hydrogens is 286 g/mol. The number of hydrogen-bond donors (Lipinski definition) is 3. The van der Waals surface area contributed by atoms with Gasteiger partial charge in [0.1, 0.15) is 0 Å². The SMILES string of the molecule is S=C(NCc1ccc[nH]1)Nc1ccc(SC2CC2)cc1. The standard InChI is InChI=1S/C15H17N3S2/c19-15(17-10-12-2-1-9-16-12)18-11-3-5-13(6-4-11)20-14-7-8-14/h1-6,9,14,16H,7-8,10H2,(H2,17,18,19). The van der Waals surface area contributed by atoms with Crippen molar-refractivity contribution in [1.29, 1.82) is 0 Å². The lowest BCUT2D eigenvalue weighted by Crippen LogP contribution is -2.27. The Morgan fingerprint density at radius 3 is 2.70 bits per heavy atom. The van der Waals surface area contributed by atoms with Crippen molar-refractivity contribution in [2.45, 2.75) is 29.5 Å². The van der Waals surface area contributed by atoms with Gasteiger partial charge in [0.05, 0.1) is 6.54 Å². The molecule has 3 N–H and O–H groups in total. The van der Waals surface area contributed by atoms with Crippen molar-refractivity contribution >= 4 is 34.8 Å². The number of rotatable bonds is 5. The molecule has 5 heteroatoms. The molecule has 0 bridgehead atoms. The molecule has 1 aromatic carbocycles. The fraction of sp³-hybridized carbons (Fsp3) is 0.267. The van der Waals surface area contributed by atoms with Gasteiger partial charge in [-0.3, -0.25) is 0 Å². The second-order valence-corrected chi connectivity index (χ2v) is 6.63.